The Bertz CT molecular complexity index is 903. The molecule has 0 N–H and O–H groups in total. The van der Waals surface area contributed by atoms with E-state index >= 15 is 0 Å². The number of fused-ring (bicyclic) bond motifs is 3. The highest BCUT2D eigenvalue weighted by Gasteiger charge is 2.81. The minimum absolute atomic E-state index is 0.363. The molecule has 0 aromatic heterocycles. The third-order valence-electron chi connectivity index (χ3n) is 9.83. The van der Waals surface area contributed by atoms with Crippen LogP contribution in [0.2, 0.25) is 0 Å². The first-order valence-corrected chi connectivity index (χ1v) is 12.8. The smallest absolute Gasteiger partial charge is 0.0362 e. The molecule has 4 rings (SSSR count). The molecule has 4 fully saturated rings. The van der Waals surface area contributed by atoms with Gasteiger partial charge in [0.05, 0.1) is 0 Å². The molecule has 0 amide bonds. The van der Waals surface area contributed by atoms with Crippen LogP contribution in [0, 0.1) is 39.9 Å². The molecule has 0 aromatic rings. The summed E-state index contributed by atoms with van der Waals surface area (Å²) in [5, 5.41) is 0. The summed E-state index contributed by atoms with van der Waals surface area (Å²) < 4.78 is 0. The number of nitrogens with zero attached hydrogens (tertiary/aromatic N) is 1. The van der Waals surface area contributed by atoms with E-state index < -0.39 is 0 Å². The predicted octanol–water partition coefficient (Wildman–Crippen LogP) is 7.85. The van der Waals surface area contributed by atoms with Gasteiger partial charge in [-0.2, -0.15) is 0 Å². The molecule has 172 valence electrons. The van der Waals surface area contributed by atoms with E-state index in [0.29, 0.717) is 27.6 Å². The van der Waals surface area contributed by atoms with Gasteiger partial charge in [0.2, 0.25) is 0 Å². The Morgan fingerprint density at radius 2 is 1.81 bits per heavy atom. The first kappa shape index (κ1) is 23.2. The molecule has 1 heteroatoms. The van der Waals surface area contributed by atoms with Crippen molar-refractivity contribution in [3.63, 3.8) is 0 Å². The maximum Gasteiger partial charge on any atom is 0.0362 e. The Kier molecular flexibility index (Phi) is 5.90. The highest BCUT2D eigenvalue weighted by atomic mass is 15.2. The van der Waals surface area contributed by atoms with Gasteiger partial charge in [0.25, 0.3) is 0 Å². The van der Waals surface area contributed by atoms with Crippen molar-refractivity contribution >= 4 is 0 Å². The fraction of sp³-hybridized carbons (Fsp3) is 0.613. The molecule has 4 aliphatic rings. The first-order valence-electron chi connectivity index (χ1n) is 12.8. The normalized spacial score (nSPS) is 38.0. The molecule has 0 aromatic carbocycles. The summed E-state index contributed by atoms with van der Waals surface area (Å²) in [6.07, 6.45) is 26.8. The van der Waals surface area contributed by atoms with Crippen molar-refractivity contribution in [1.29, 1.82) is 0 Å². The molecule has 32 heavy (non-hydrogen) atoms. The van der Waals surface area contributed by atoms with Crippen molar-refractivity contribution < 1.29 is 0 Å². The summed E-state index contributed by atoms with van der Waals surface area (Å²) in [5.74, 6) is 3.03. The summed E-state index contributed by atoms with van der Waals surface area (Å²) in [4.78, 5) is 2.67. The molecule has 1 nitrogen and oxygen atoms in total. The van der Waals surface area contributed by atoms with Gasteiger partial charge in [-0.25, -0.2) is 0 Å². The standard InChI is InChI=1S/C31H43N/c1-8-11-13-27(24(4)12-9-2)14-19-32(26(6)31-20-28(31,7)21-31)23-29-15-17-30(22-29,18-16-29)25(5)10-3/h1,9,11-14,24H,5-6,10,15-23H2,2-4,7H3/b12-9+,13-11-,27-14+. The quantitative estimate of drug-likeness (QED) is 0.184. The topological polar surface area (TPSA) is 3.24 Å². The monoisotopic (exact) mass is 429 g/mol. The van der Waals surface area contributed by atoms with E-state index in [-0.39, 0.29) is 0 Å². The second-order valence-corrected chi connectivity index (χ2v) is 11.8. The van der Waals surface area contributed by atoms with Crippen LogP contribution < -0.4 is 0 Å². The maximum absolute atomic E-state index is 5.52. The summed E-state index contributed by atoms with van der Waals surface area (Å²) in [7, 11) is 0. The van der Waals surface area contributed by atoms with Gasteiger partial charge in [0, 0.05) is 24.2 Å². The van der Waals surface area contributed by atoms with Crippen molar-refractivity contribution in [1.82, 2.24) is 4.90 Å². The molecule has 0 radical (unpaired) electrons. The van der Waals surface area contributed by atoms with Crippen molar-refractivity contribution in [2.45, 2.75) is 79.1 Å². The molecular weight excluding hydrogens is 386 g/mol. The predicted molar refractivity (Wildman–Crippen MR) is 138 cm³/mol. The van der Waals surface area contributed by atoms with Crippen LogP contribution in [0.15, 0.2) is 60.4 Å². The SMILES string of the molecule is C#C/C=C\C(=C/CN(CC12CCC(C(=C)CC)(CC1)C2)C(=C)C12CC1(C)C2)C(C)/C=C/C. The van der Waals surface area contributed by atoms with Gasteiger partial charge in [0.1, 0.15) is 0 Å². The number of rotatable bonds is 11. The molecule has 1 unspecified atom stereocenters. The van der Waals surface area contributed by atoms with Crippen LogP contribution in [0.4, 0.5) is 0 Å². The Balaban J connectivity index is 1.55. The lowest BCUT2D eigenvalue weighted by Gasteiger charge is -2.37. The molecule has 4 aliphatic carbocycles. The molecule has 0 spiro atoms. The molecule has 0 saturated heterocycles. The second kappa shape index (κ2) is 8.13. The number of hydrogen-bond donors (Lipinski definition) is 0. The van der Waals surface area contributed by atoms with Crippen LogP contribution in [0.3, 0.4) is 0 Å². The van der Waals surface area contributed by atoms with Crippen LogP contribution in [0.25, 0.3) is 0 Å². The van der Waals surface area contributed by atoms with Gasteiger partial charge in [-0.3, -0.25) is 0 Å². The molecule has 2 bridgehead atoms. The molecule has 0 heterocycles. The van der Waals surface area contributed by atoms with Crippen molar-refractivity contribution in [3.05, 3.63) is 60.4 Å². The minimum Gasteiger partial charge on any atom is -0.371 e. The van der Waals surface area contributed by atoms with E-state index in [2.05, 4.69) is 69.4 Å². The Morgan fingerprint density at radius 3 is 2.34 bits per heavy atom. The lowest BCUT2D eigenvalue weighted by molar-refractivity contribution is 0.185. The minimum atomic E-state index is 0.363. The lowest BCUT2D eigenvalue weighted by Crippen LogP contribution is -2.36. The van der Waals surface area contributed by atoms with E-state index in [0.717, 1.165) is 19.5 Å². The lowest BCUT2D eigenvalue weighted by atomic mass is 9.76. The Labute approximate surface area is 197 Å². The molecular formula is C31H43N. The average molecular weight is 430 g/mol. The van der Waals surface area contributed by atoms with Gasteiger partial charge >= 0.3 is 0 Å². The summed E-state index contributed by atoms with van der Waals surface area (Å²) in [6, 6.07) is 0. The van der Waals surface area contributed by atoms with E-state index in [1.165, 1.54) is 61.8 Å². The summed E-state index contributed by atoms with van der Waals surface area (Å²) in [5.41, 5.74) is 6.01. The Hall–Kier alpha value is -1.94. The molecule has 1 atom stereocenters. The van der Waals surface area contributed by atoms with E-state index in [1.807, 2.05) is 6.08 Å². The maximum atomic E-state index is 5.52. The third kappa shape index (κ3) is 3.75. The zero-order valence-corrected chi connectivity index (χ0v) is 21.0. The van der Waals surface area contributed by atoms with Crippen LogP contribution in [-0.4, -0.2) is 18.0 Å². The average Bonchev–Trinajstić information content (AvgIpc) is 3.39. The van der Waals surface area contributed by atoms with Gasteiger partial charge in [-0.05, 0) is 92.1 Å². The van der Waals surface area contributed by atoms with Crippen LogP contribution in [-0.2, 0) is 0 Å². The third-order valence-corrected chi connectivity index (χ3v) is 9.83. The fourth-order valence-electron chi connectivity index (χ4n) is 7.29. The van der Waals surface area contributed by atoms with Crippen molar-refractivity contribution in [3.8, 4) is 12.3 Å². The van der Waals surface area contributed by atoms with Gasteiger partial charge in [-0.15, -0.1) is 6.42 Å². The van der Waals surface area contributed by atoms with E-state index in [4.69, 9.17) is 13.0 Å². The highest BCUT2D eigenvalue weighted by molar-refractivity contribution is 5.41. The number of allylic oxidation sites excluding steroid dienone is 7. The fourth-order valence-corrected chi connectivity index (χ4v) is 7.29. The molecule has 4 saturated carbocycles. The number of terminal acetylenes is 1. The number of hydrogen-bond acceptors (Lipinski definition) is 1. The zero-order valence-electron chi connectivity index (χ0n) is 21.0. The molecule has 0 aliphatic heterocycles. The van der Waals surface area contributed by atoms with E-state index in [1.54, 1.807) is 0 Å². The first-order chi connectivity index (χ1) is 15.2. The van der Waals surface area contributed by atoms with Gasteiger partial charge in [-0.1, -0.05) is 69.7 Å². The largest absolute Gasteiger partial charge is 0.371 e. The highest BCUT2D eigenvalue weighted by Crippen LogP contribution is 2.88. The second-order valence-electron chi connectivity index (χ2n) is 11.8. The van der Waals surface area contributed by atoms with Gasteiger partial charge in [0.15, 0.2) is 0 Å². The van der Waals surface area contributed by atoms with Crippen molar-refractivity contribution in [2.24, 2.45) is 27.6 Å². The van der Waals surface area contributed by atoms with Gasteiger partial charge < -0.3 is 4.90 Å². The van der Waals surface area contributed by atoms with Crippen molar-refractivity contribution in [2.75, 3.05) is 13.1 Å². The van der Waals surface area contributed by atoms with Crippen LogP contribution >= 0.6 is 0 Å². The summed E-state index contributed by atoms with van der Waals surface area (Å²) >= 11 is 0. The summed E-state index contributed by atoms with van der Waals surface area (Å²) in [6.45, 7) is 20.3. The van der Waals surface area contributed by atoms with Crippen LogP contribution in [0.1, 0.15) is 79.1 Å². The zero-order chi connectivity index (χ0) is 23.2. The van der Waals surface area contributed by atoms with E-state index in [9.17, 15) is 0 Å². The van der Waals surface area contributed by atoms with Crippen LogP contribution in [0.5, 0.6) is 0 Å². The Morgan fingerprint density at radius 1 is 1.16 bits per heavy atom.